The van der Waals surface area contributed by atoms with Crippen LogP contribution in [0.4, 0.5) is 0 Å². The molecule has 1 aliphatic heterocycles. The molecule has 0 aromatic carbocycles. The van der Waals surface area contributed by atoms with Crippen molar-refractivity contribution in [3.63, 3.8) is 0 Å². The van der Waals surface area contributed by atoms with Crippen LogP contribution in [-0.2, 0) is 0 Å². The minimum atomic E-state index is -0.180. The summed E-state index contributed by atoms with van der Waals surface area (Å²) in [6, 6.07) is 2.28. The molecule has 18 heavy (non-hydrogen) atoms. The first-order chi connectivity index (χ1) is 8.66. The number of likely N-dealkylation sites (tertiary alicyclic amines) is 1. The Kier molecular flexibility index (Phi) is 4.36. The lowest BCUT2D eigenvalue weighted by molar-refractivity contribution is 0.0902. The van der Waals surface area contributed by atoms with E-state index in [1.165, 1.54) is 19.3 Å². The minimum absolute atomic E-state index is 0.180. The Morgan fingerprint density at radius 3 is 3.11 bits per heavy atom. The number of carbonyl (C=O) groups is 1. The first kappa shape index (κ1) is 13.1. The summed E-state index contributed by atoms with van der Waals surface area (Å²) in [5.41, 5.74) is 0.727. The number of hydrogen-bond donors (Lipinski definition) is 1. The Morgan fingerprint density at radius 2 is 2.44 bits per heavy atom. The molecule has 1 aromatic rings. The number of nitrogens with zero attached hydrogens (tertiary/aromatic N) is 2. The number of amides is 1. The van der Waals surface area contributed by atoms with E-state index >= 15 is 0 Å². The number of piperidine rings is 1. The van der Waals surface area contributed by atoms with Crippen molar-refractivity contribution in [3.05, 3.63) is 17.5 Å². The third-order valence-corrected chi connectivity index (χ3v) is 3.48. The molecule has 0 spiro atoms. The fourth-order valence-electron chi connectivity index (χ4n) is 2.36. The fraction of sp³-hybridized carbons (Fsp3) is 0.692. The van der Waals surface area contributed by atoms with E-state index in [0.29, 0.717) is 18.3 Å². The molecule has 0 saturated carbocycles. The Bertz CT molecular complexity index is 403. The molecule has 1 aliphatic rings. The standard InChI is InChI=1S/C13H21N3O2/c1-10-9-12(18-15-10)13(17)14-6-8-16-7-4-3-5-11(16)2/h9,11H,3-8H2,1-2H3,(H,14,17)/t11-/m1/s1. The van der Waals surface area contributed by atoms with Gasteiger partial charge in [-0.1, -0.05) is 11.6 Å². The van der Waals surface area contributed by atoms with Crippen LogP contribution in [0.1, 0.15) is 42.4 Å². The molecule has 2 rings (SSSR count). The molecule has 0 radical (unpaired) electrons. The number of aromatic nitrogens is 1. The van der Waals surface area contributed by atoms with Gasteiger partial charge in [0.25, 0.3) is 5.91 Å². The van der Waals surface area contributed by atoms with E-state index in [1.54, 1.807) is 13.0 Å². The van der Waals surface area contributed by atoms with Crippen LogP contribution >= 0.6 is 0 Å². The molecule has 1 saturated heterocycles. The lowest BCUT2D eigenvalue weighted by Gasteiger charge is -2.33. The number of aryl methyl sites for hydroxylation is 1. The van der Waals surface area contributed by atoms with Gasteiger partial charge in [-0.3, -0.25) is 9.69 Å². The molecule has 0 unspecified atom stereocenters. The highest BCUT2D eigenvalue weighted by Gasteiger charge is 2.18. The molecule has 1 atom stereocenters. The number of nitrogens with one attached hydrogen (secondary N) is 1. The van der Waals surface area contributed by atoms with Crippen LogP contribution in [0, 0.1) is 6.92 Å². The van der Waals surface area contributed by atoms with Gasteiger partial charge in [0.15, 0.2) is 0 Å². The highest BCUT2D eigenvalue weighted by Crippen LogP contribution is 2.15. The van der Waals surface area contributed by atoms with Crippen LogP contribution in [0.3, 0.4) is 0 Å². The molecule has 1 aromatic heterocycles. The average molecular weight is 251 g/mol. The lowest BCUT2D eigenvalue weighted by Crippen LogP contribution is -2.42. The van der Waals surface area contributed by atoms with E-state index in [2.05, 4.69) is 22.3 Å². The molecule has 1 fully saturated rings. The van der Waals surface area contributed by atoms with E-state index in [1.807, 2.05) is 0 Å². The molecule has 1 amide bonds. The largest absolute Gasteiger partial charge is 0.351 e. The smallest absolute Gasteiger partial charge is 0.289 e. The van der Waals surface area contributed by atoms with Crippen molar-refractivity contribution in [2.24, 2.45) is 0 Å². The summed E-state index contributed by atoms with van der Waals surface area (Å²) >= 11 is 0. The van der Waals surface area contributed by atoms with Gasteiger partial charge in [0.2, 0.25) is 5.76 Å². The van der Waals surface area contributed by atoms with Crippen molar-refractivity contribution in [1.82, 2.24) is 15.4 Å². The maximum Gasteiger partial charge on any atom is 0.289 e. The molecule has 0 aliphatic carbocycles. The second kappa shape index (κ2) is 6.00. The zero-order chi connectivity index (χ0) is 13.0. The van der Waals surface area contributed by atoms with E-state index in [-0.39, 0.29) is 5.91 Å². The molecule has 1 N–H and O–H groups in total. The molecule has 2 heterocycles. The predicted octanol–water partition coefficient (Wildman–Crippen LogP) is 1.59. The summed E-state index contributed by atoms with van der Waals surface area (Å²) < 4.78 is 4.91. The number of rotatable bonds is 4. The third-order valence-electron chi connectivity index (χ3n) is 3.48. The van der Waals surface area contributed by atoms with Gasteiger partial charge in [0.1, 0.15) is 0 Å². The van der Waals surface area contributed by atoms with E-state index in [4.69, 9.17) is 4.52 Å². The average Bonchev–Trinajstić information content (AvgIpc) is 2.78. The van der Waals surface area contributed by atoms with Gasteiger partial charge in [-0.2, -0.15) is 0 Å². The first-order valence-corrected chi connectivity index (χ1v) is 6.62. The second-order valence-corrected chi connectivity index (χ2v) is 4.97. The minimum Gasteiger partial charge on any atom is -0.351 e. The zero-order valence-electron chi connectivity index (χ0n) is 11.1. The summed E-state index contributed by atoms with van der Waals surface area (Å²) in [7, 11) is 0. The van der Waals surface area contributed by atoms with Gasteiger partial charge in [-0.25, -0.2) is 0 Å². The van der Waals surface area contributed by atoms with Crippen LogP contribution in [0.25, 0.3) is 0 Å². The maximum atomic E-state index is 11.7. The summed E-state index contributed by atoms with van der Waals surface area (Å²) in [6.07, 6.45) is 3.84. The Morgan fingerprint density at radius 1 is 1.61 bits per heavy atom. The number of hydrogen-bond acceptors (Lipinski definition) is 4. The van der Waals surface area contributed by atoms with E-state index < -0.39 is 0 Å². The Balaban J connectivity index is 1.73. The summed E-state index contributed by atoms with van der Waals surface area (Å²) in [4.78, 5) is 14.1. The quantitative estimate of drug-likeness (QED) is 0.882. The Hall–Kier alpha value is -1.36. The first-order valence-electron chi connectivity index (χ1n) is 6.62. The van der Waals surface area contributed by atoms with Crippen molar-refractivity contribution in [1.29, 1.82) is 0 Å². The predicted molar refractivity (Wildman–Crippen MR) is 68.5 cm³/mol. The molecule has 0 bridgehead atoms. The van der Waals surface area contributed by atoms with Crippen LogP contribution in [0.15, 0.2) is 10.6 Å². The van der Waals surface area contributed by atoms with Crippen LogP contribution < -0.4 is 5.32 Å². The number of carbonyl (C=O) groups excluding carboxylic acids is 1. The molecule has 100 valence electrons. The van der Waals surface area contributed by atoms with E-state index in [0.717, 1.165) is 18.8 Å². The summed E-state index contributed by atoms with van der Waals surface area (Å²) in [5.74, 6) is 0.111. The van der Waals surface area contributed by atoms with Gasteiger partial charge < -0.3 is 9.84 Å². The van der Waals surface area contributed by atoms with Gasteiger partial charge in [-0.05, 0) is 33.2 Å². The highest BCUT2D eigenvalue weighted by atomic mass is 16.5. The van der Waals surface area contributed by atoms with Gasteiger partial charge >= 0.3 is 0 Å². The van der Waals surface area contributed by atoms with Crippen molar-refractivity contribution in [3.8, 4) is 0 Å². The fourth-order valence-corrected chi connectivity index (χ4v) is 2.36. The monoisotopic (exact) mass is 251 g/mol. The molecular weight excluding hydrogens is 230 g/mol. The molecule has 5 nitrogen and oxygen atoms in total. The Labute approximate surface area is 108 Å². The van der Waals surface area contributed by atoms with Gasteiger partial charge in [0.05, 0.1) is 5.69 Å². The van der Waals surface area contributed by atoms with Crippen molar-refractivity contribution in [2.45, 2.75) is 39.2 Å². The maximum absolute atomic E-state index is 11.7. The third kappa shape index (κ3) is 3.32. The second-order valence-electron chi connectivity index (χ2n) is 4.97. The molecule has 5 heteroatoms. The lowest BCUT2D eigenvalue weighted by atomic mass is 10.0. The van der Waals surface area contributed by atoms with E-state index in [9.17, 15) is 4.79 Å². The van der Waals surface area contributed by atoms with Crippen molar-refractivity contribution < 1.29 is 9.32 Å². The summed E-state index contributed by atoms with van der Waals surface area (Å²) in [6.45, 7) is 6.75. The SMILES string of the molecule is Cc1cc(C(=O)NCCN2CCCC[C@H]2C)on1. The van der Waals surface area contributed by atoms with Crippen molar-refractivity contribution >= 4 is 5.91 Å². The van der Waals surface area contributed by atoms with Crippen LogP contribution in [0.2, 0.25) is 0 Å². The van der Waals surface area contributed by atoms with Crippen LogP contribution in [-0.4, -0.2) is 41.6 Å². The summed E-state index contributed by atoms with van der Waals surface area (Å²) in [5, 5.41) is 6.57. The normalized spacial score (nSPS) is 20.9. The zero-order valence-corrected chi connectivity index (χ0v) is 11.1. The molecular formula is C13H21N3O2. The van der Waals surface area contributed by atoms with Gasteiger partial charge in [0, 0.05) is 25.2 Å². The van der Waals surface area contributed by atoms with Crippen LogP contribution in [0.5, 0.6) is 0 Å². The van der Waals surface area contributed by atoms with Gasteiger partial charge in [-0.15, -0.1) is 0 Å². The van der Waals surface area contributed by atoms with Crippen molar-refractivity contribution in [2.75, 3.05) is 19.6 Å². The topological polar surface area (TPSA) is 58.4 Å². The highest BCUT2D eigenvalue weighted by molar-refractivity contribution is 5.91.